The number of benzene rings is 1. The van der Waals surface area contributed by atoms with Crippen molar-refractivity contribution < 1.29 is 4.39 Å². The van der Waals surface area contributed by atoms with E-state index in [1.54, 1.807) is 6.07 Å². The Balaban J connectivity index is 2.34. The monoisotopic (exact) mass is 316 g/mol. The Bertz CT molecular complexity index is 544. The van der Waals surface area contributed by atoms with E-state index in [9.17, 15) is 4.39 Å². The fourth-order valence-corrected chi connectivity index (χ4v) is 1.74. The normalized spacial score (nSPS) is 10.3. The van der Waals surface area contributed by atoms with Gasteiger partial charge in [-0.05, 0) is 34.1 Å². The Morgan fingerprint density at radius 1 is 1.35 bits per heavy atom. The minimum Gasteiger partial charge on any atom is -0.368 e. The maximum atomic E-state index is 13.1. The topological polar surface area (TPSA) is 63.8 Å². The lowest BCUT2D eigenvalue weighted by atomic mass is 10.3. The molecule has 1 aromatic heterocycles. The molecule has 0 radical (unpaired) electrons. The first-order valence-corrected chi connectivity index (χ1v) is 5.73. The van der Waals surface area contributed by atoms with Crippen LogP contribution in [-0.4, -0.2) is 9.97 Å². The molecule has 0 saturated carbocycles. The summed E-state index contributed by atoms with van der Waals surface area (Å²) in [5.41, 5.74) is 5.94. The molecule has 17 heavy (non-hydrogen) atoms. The maximum absolute atomic E-state index is 13.1. The largest absolute Gasteiger partial charge is 0.368 e. The molecule has 0 aliphatic carbocycles. The molecule has 4 nitrogen and oxygen atoms in total. The van der Waals surface area contributed by atoms with E-state index in [-0.39, 0.29) is 5.95 Å². The van der Waals surface area contributed by atoms with Gasteiger partial charge in [-0.1, -0.05) is 11.6 Å². The summed E-state index contributed by atoms with van der Waals surface area (Å²) in [5, 5.41) is 3.19. The van der Waals surface area contributed by atoms with E-state index in [1.165, 1.54) is 18.3 Å². The summed E-state index contributed by atoms with van der Waals surface area (Å²) in [6, 6.07) is 4.10. The predicted octanol–water partition coefficient (Wildman–Crippen LogP) is 3.36. The van der Waals surface area contributed by atoms with Gasteiger partial charge in [0.05, 0.1) is 4.47 Å². The molecule has 0 aliphatic heterocycles. The average Bonchev–Trinajstić information content (AvgIpc) is 2.22. The van der Waals surface area contributed by atoms with Crippen molar-refractivity contribution in [2.75, 3.05) is 11.1 Å². The van der Waals surface area contributed by atoms with E-state index >= 15 is 0 Å². The summed E-state index contributed by atoms with van der Waals surface area (Å²) >= 11 is 8.99. The van der Waals surface area contributed by atoms with Gasteiger partial charge in [-0.15, -0.1) is 0 Å². The van der Waals surface area contributed by atoms with E-state index in [0.29, 0.717) is 21.0 Å². The van der Waals surface area contributed by atoms with Crippen LogP contribution in [0.5, 0.6) is 0 Å². The number of nitrogen functional groups attached to an aromatic ring is 1. The fraction of sp³-hybridized carbons (Fsp3) is 0. The predicted molar refractivity (Wildman–Crippen MR) is 68.8 cm³/mol. The Kier molecular flexibility index (Phi) is 3.44. The van der Waals surface area contributed by atoms with Crippen LogP contribution >= 0.6 is 27.5 Å². The number of aromatic nitrogens is 2. The maximum Gasteiger partial charge on any atom is 0.222 e. The quantitative estimate of drug-likeness (QED) is 0.891. The fourth-order valence-electron chi connectivity index (χ4n) is 1.23. The second kappa shape index (κ2) is 4.85. The van der Waals surface area contributed by atoms with E-state index in [0.717, 1.165) is 0 Å². The van der Waals surface area contributed by atoms with Crippen molar-refractivity contribution in [3.05, 3.63) is 39.7 Å². The second-order valence-electron chi connectivity index (χ2n) is 3.21. The number of halogens is 3. The van der Waals surface area contributed by atoms with Crippen LogP contribution in [0.4, 0.5) is 21.8 Å². The Morgan fingerprint density at radius 2 is 2.12 bits per heavy atom. The molecule has 0 bridgehead atoms. The van der Waals surface area contributed by atoms with Gasteiger partial charge in [-0.25, -0.2) is 9.37 Å². The number of nitrogens with one attached hydrogen (secondary N) is 1. The molecule has 2 rings (SSSR count). The molecule has 88 valence electrons. The lowest BCUT2D eigenvalue weighted by Gasteiger charge is -2.08. The minimum absolute atomic E-state index is 0.123. The third-order valence-electron chi connectivity index (χ3n) is 1.89. The van der Waals surface area contributed by atoms with Crippen LogP contribution in [-0.2, 0) is 0 Å². The molecule has 2 aromatic rings. The highest BCUT2D eigenvalue weighted by Crippen LogP contribution is 2.25. The van der Waals surface area contributed by atoms with Crippen molar-refractivity contribution in [2.24, 2.45) is 0 Å². The summed E-state index contributed by atoms with van der Waals surface area (Å²) in [7, 11) is 0. The summed E-state index contributed by atoms with van der Waals surface area (Å²) in [5.74, 6) is 0.135. The SMILES string of the molecule is Nc1ncc(Br)c(Nc2cc(F)cc(Cl)c2)n1. The number of rotatable bonds is 2. The van der Waals surface area contributed by atoms with Crippen LogP contribution in [0.1, 0.15) is 0 Å². The van der Waals surface area contributed by atoms with Crippen molar-refractivity contribution in [3.8, 4) is 0 Å². The second-order valence-corrected chi connectivity index (χ2v) is 4.50. The summed E-state index contributed by atoms with van der Waals surface area (Å²) < 4.78 is 13.7. The molecule has 0 atom stereocenters. The molecule has 0 unspecified atom stereocenters. The molecule has 7 heteroatoms. The number of nitrogens with zero attached hydrogens (tertiary/aromatic N) is 2. The standard InChI is InChI=1S/C10H7BrClFN4/c11-8-4-15-10(14)17-9(8)16-7-2-5(12)1-6(13)3-7/h1-4H,(H3,14,15,16,17). The van der Waals surface area contributed by atoms with Gasteiger partial charge in [-0.3, -0.25) is 0 Å². The van der Waals surface area contributed by atoms with Gasteiger partial charge in [0.2, 0.25) is 5.95 Å². The Labute approximate surface area is 110 Å². The number of hydrogen-bond donors (Lipinski definition) is 2. The zero-order chi connectivity index (χ0) is 12.4. The average molecular weight is 318 g/mol. The van der Waals surface area contributed by atoms with Crippen molar-refractivity contribution in [1.82, 2.24) is 9.97 Å². The van der Waals surface area contributed by atoms with Crippen LogP contribution in [0.15, 0.2) is 28.9 Å². The van der Waals surface area contributed by atoms with Gasteiger partial charge in [0.25, 0.3) is 0 Å². The molecule has 1 heterocycles. The Hall–Kier alpha value is -1.40. The van der Waals surface area contributed by atoms with Crippen molar-refractivity contribution >= 4 is 45.0 Å². The summed E-state index contributed by atoms with van der Waals surface area (Å²) in [4.78, 5) is 7.77. The zero-order valence-electron chi connectivity index (χ0n) is 8.42. The first kappa shape index (κ1) is 12.1. The highest BCUT2D eigenvalue weighted by atomic mass is 79.9. The van der Waals surface area contributed by atoms with E-state index in [1.807, 2.05) is 0 Å². The van der Waals surface area contributed by atoms with Crippen LogP contribution in [0.25, 0.3) is 0 Å². The minimum atomic E-state index is -0.432. The number of anilines is 3. The molecule has 0 spiro atoms. The molecule has 0 saturated heterocycles. The van der Waals surface area contributed by atoms with Gasteiger partial charge in [0, 0.05) is 16.9 Å². The van der Waals surface area contributed by atoms with Crippen molar-refractivity contribution in [2.45, 2.75) is 0 Å². The first-order chi connectivity index (χ1) is 8.04. The van der Waals surface area contributed by atoms with E-state index in [2.05, 4.69) is 31.2 Å². The molecule has 0 fully saturated rings. The van der Waals surface area contributed by atoms with Gasteiger partial charge in [0.15, 0.2) is 0 Å². The van der Waals surface area contributed by atoms with Crippen molar-refractivity contribution in [1.29, 1.82) is 0 Å². The number of nitrogens with two attached hydrogens (primary N) is 1. The molecule has 0 aliphatic rings. The van der Waals surface area contributed by atoms with Gasteiger partial charge < -0.3 is 11.1 Å². The molecule has 3 N–H and O–H groups in total. The number of hydrogen-bond acceptors (Lipinski definition) is 4. The molecular weight excluding hydrogens is 310 g/mol. The lowest BCUT2D eigenvalue weighted by molar-refractivity contribution is 0.628. The van der Waals surface area contributed by atoms with Gasteiger partial charge >= 0.3 is 0 Å². The summed E-state index contributed by atoms with van der Waals surface area (Å²) in [6.07, 6.45) is 1.51. The molecule has 1 aromatic carbocycles. The summed E-state index contributed by atoms with van der Waals surface area (Å²) in [6.45, 7) is 0. The van der Waals surface area contributed by atoms with Crippen LogP contribution < -0.4 is 11.1 Å². The highest BCUT2D eigenvalue weighted by molar-refractivity contribution is 9.10. The third kappa shape index (κ3) is 3.04. The molecular formula is C10H7BrClFN4. The zero-order valence-corrected chi connectivity index (χ0v) is 10.8. The van der Waals surface area contributed by atoms with E-state index < -0.39 is 5.82 Å². The Morgan fingerprint density at radius 3 is 2.82 bits per heavy atom. The van der Waals surface area contributed by atoms with Gasteiger partial charge in [0.1, 0.15) is 11.6 Å². The van der Waals surface area contributed by atoms with E-state index in [4.69, 9.17) is 17.3 Å². The smallest absolute Gasteiger partial charge is 0.222 e. The third-order valence-corrected chi connectivity index (χ3v) is 2.69. The first-order valence-electron chi connectivity index (χ1n) is 4.56. The van der Waals surface area contributed by atoms with Gasteiger partial charge in [-0.2, -0.15) is 4.98 Å². The lowest BCUT2D eigenvalue weighted by Crippen LogP contribution is -2.00. The molecule has 0 amide bonds. The van der Waals surface area contributed by atoms with Crippen LogP contribution in [0.3, 0.4) is 0 Å². The van der Waals surface area contributed by atoms with Crippen LogP contribution in [0, 0.1) is 5.82 Å². The highest BCUT2D eigenvalue weighted by Gasteiger charge is 2.05. The van der Waals surface area contributed by atoms with Crippen LogP contribution in [0.2, 0.25) is 5.02 Å². The van der Waals surface area contributed by atoms with Crippen molar-refractivity contribution in [3.63, 3.8) is 0 Å².